The van der Waals surface area contributed by atoms with E-state index in [4.69, 9.17) is 0 Å². The van der Waals surface area contributed by atoms with Crippen LogP contribution in [0.2, 0.25) is 19.6 Å². The summed E-state index contributed by atoms with van der Waals surface area (Å²) in [6.07, 6.45) is 24.1. The molecule has 4 aliphatic rings. The number of Topliss-reactive ketones (excluding diaryl/α,β-unsaturated/α-hetero) is 3. The topological polar surface area (TPSA) is 427 Å². The molecule has 4 saturated carbocycles. The summed E-state index contributed by atoms with van der Waals surface area (Å²) in [5, 5.41) is 20.8. The summed E-state index contributed by atoms with van der Waals surface area (Å²) in [7, 11) is 7.96. The first-order valence-electron chi connectivity index (χ1n) is 41.2. The Morgan fingerprint density at radius 3 is 0.977 bits per heavy atom. The predicted octanol–water partition coefficient (Wildman–Crippen LogP) is 9.12. The first kappa shape index (κ1) is 98.2. The van der Waals surface area contributed by atoms with Gasteiger partial charge in [-0.15, -0.1) is 0 Å². The maximum atomic E-state index is 13.0. The van der Waals surface area contributed by atoms with Crippen LogP contribution in [0, 0.1) is 30.6 Å². The number of pyridine rings is 5. The van der Waals surface area contributed by atoms with Crippen LogP contribution < -0.4 is 45.0 Å². The number of hydrogen-bond donors (Lipinski definition) is 4. The Morgan fingerprint density at radius 2 is 0.734 bits per heavy atom. The van der Waals surface area contributed by atoms with Gasteiger partial charge in [-0.05, 0) is 168 Å². The number of H-pyrrole nitrogens is 1. The number of ketones is 3. The van der Waals surface area contributed by atoms with Crippen molar-refractivity contribution in [2.75, 3.05) is 0 Å². The molecule has 3 N–H and O–H groups in total. The van der Waals surface area contributed by atoms with Gasteiger partial charge >= 0.3 is 53.3 Å². The molecule has 0 spiro atoms. The number of rotatable bonds is 20. The van der Waals surface area contributed by atoms with Gasteiger partial charge in [0.1, 0.15) is 28.3 Å². The molecule has 0 unspecified atom stereocenters. The van der Waals surface area contributed by atoms with Crippen molar-refractivity contribution in [3.05, 3.63) is 257 Å². The van der Waals surface area contributed by atoms with Crippen LogP contribution in [0.15, 0.2) is 160 Å². The number of halogens is 4. The van der Waals surface area contributed by atoms with E-state index in [0.29, 0.717) is 102 Å². The van der Waals surface area contributed by atoms with Gasteiger partial charge in [-0.2, -0.15) is 13.2 Å². The van der Waals surface area contributed by atoms with Crippen molar-refractivity contribution in [2.24, 2.45) is 56.2 Å². The van der Waals surface area contributed by atoms with E-state index in [0.717, 1.165) is 66.6 Å². The van der Waals surface area contributed by atoms with Gasteiger partial charge in [0, 0.05) is 111 Å². The van der Waals surface area contributed by atoms with Gasteiger partial charge in [-0.1, -0.05) is 65.9 Å². The zero-order valence-corrected chi connectivity index (χ0v) is 77.4. The number of aromatic nitrogens is 21. The van der Waals surface area contributed by atoms with E-state index < -0.39 is 47.8 Å². The molecule has 0 saturated heterocycles. The van der Waals surface area contributed by atoms with Gasteiger partial charge < -0.3 is 28.5 Å². The first-order chi connectivity index (χ1) is 60.2. The Bertz CT molecular complexity index is 6520. The fourth-order valence-electron chi connectivity index (χ4n) is 12.9. The van der Waals surface area contributed by atoms with Crippen LogP contribution in [-0.4, -0.2) is 149 Å². The number of nitrogens with one attached hydrogen (secondary N) is 1. The Balaban J connectivity index is 0.000000161. The predicted molar refractivity (Wildman–Crippen MR) is 487 cm³/mol. The van der Waals surface area contributed by atoms with Gasteiger partial charge in [-0.25, -0.2) is 39.1 Å². The zero-order valence-electron chi connectivity index (χ0n) is 73.9. The molecular formula is C86H104BBrF3N22O13SSi. The van der Waals surface area contributed by atoms with Crippen molar-refractivity contribution < 1.29 is 37.8 Å². The average molecular weight is 1860 g/mol. The van der Waals surface area contributed by atoms with Crippen LogP contribution >= 0.6 is 28.7 Å². The molecule has 4 aliphatic carbocycles. The molecule has 1 radical (unpaired) electrons. The summed E-state index contributed by atoms with van der Waals surface area (Å²) >= 11 is 6.49. The van der Waals surface area contributed by atoms with Crippen molar-refractivity contribution in [2.45, 2.75) is 195 Å². The summed E-state index contributed by atoms with van der Waals surface area (Å²) in [5.74, 6) is -1.61. The molecule has 13 aromatic rings. The number of aryl methyl sites for hydroxylation is 5. The number of fused-ring (bicyclic) bond motifs is 4. The van der Waals surface area contributed by atoms with Gasteiger partial charge in [0.2, 0.25) is 0 Å². The Labute approximate surface area is 747 Å². The molecule has 42 heteroatoms. The third-order valence-electron chi connectivity index (χ3n) is 21.4. The fraction of sp³-hybridized carbons (Fsp3) is 0.442. The Hall–Kier alpha value is -12.0. The molecule has 677 valence electrons. The fourth-order valence-corrected chi connectivity index (χ4v) is 13.2. The van der Waals surface area contributed by atoms with Gasteiger partial charge in [-0.3, -0.25) is 95.4 Å². The van der Waals surface area contributed by atoms with E-state index in [9.17, 15) is 76.1 Å². The minimum atomic E-state index is -3.92. The van der Waals surface area contributed by atoms with Crippen LogP contribution in [0.25, 0.3) is 44.7 Å². The van der Waals surface area contributed by atoms with E-state index in [1.807, 2.05) is 37.3 Å². The summed E-state index contributed by atoms with van der Waals surface area (Å²) in [6, 6.07) is 17.5. The molecule has 13 heterocycles. The van der Waals surface area contributed by atoms with Crippen LogP contribution in [0.3, 0.4) is 0 Å². The number of aliphatic hydroxyl groups is 2. The van der Waals surface area contributed by atoms with Gasteiger partial charge in [0.25, 0.3) is 22.2 Å². The van der Waals surface area contributed by atoms with Crippen molar-refractivity contribution in [1.29, 1.82) is 0 Å². The number of hydrogen-bond acceptors (Lipinski definition) is 24. The molecule has 0 aromatic carbocycles. The van der Waals surface area contributed by atoms with E-state index in [2.05, 4.69) is 90.5 Å². The molecule has 0 amide bonds. The molecule has 17 rings (SSSR count). The van der Waals surface area contributed by atoms with Crippen LogP contribution in [-0.2, 0) is 90.5 Å². The number of nitrogens with zero attached hydrogens (tertiary/aromatic N) is 21. The summed E-state index contributed by atoms with van der Waals surface area (Å²) < 4.78 is 54.2. The van der Waals surface area contributed by atoms with Crippen molar-refractivity contribution in [3.63, 3.8) is 0 Å². The second-order valence-electron chi connectivity index (χ2n) is 34.3. The molecule has 128 heavy (non-hydrogen) atoms. The third kappa shape index (κ3) is 25.1. The quantitative estimate of drug-likeness (QED) is 0.0239. The molecule has 0 bridgehead atoms. The van der Waals surface area contributed by atoms with Gasteiger partial charge in [0.15, 0.2) is 70.1 Å². The van der Waals surface area contributed by atoms with E-state index in [1.54, 1.807) is 155 Å². The Morgan fingerprint density at radius 1 is 0.461 bits per heavy atom. The molecule has 13 aromatic heterocycles. The van der Waals surface area contributed by atoms with E-state index in [-0.39, 0.29) is 59.2 Å². The summed E-state index contributed by atoms with van der Waals surface area (Å²) in [5.41, 5.74) is 5.19. The second kappa shape index (κ2) is 41.4. The number of alkyl halides is 4. The molecule has 35 nitrogen and oxygen atoms in total. The number of carbonyl (C=O) groups is 3. The van der Waals surface area contributed by atoms with Crippen LogP contribution in [0.1, 0.15) is 171 Å². The van der Waals surface area contributed by atoms with E-state index in [1.165, 1.54) is 117 Å². The number of carbonyl (C=O) groups excluding carboxylic acids is 3. The van der Waals surface area contributed by atoms with Crippen LogP contribution in [0.4, 0.5) is 13.2 Å². The average Bonchev–Trinajstić information content (AvgIpc) is 1.45. The monoisotopic (exact) mass is 1860 g/mol. The summed E-state index contributed by atoms with van der Waals surface area (Å²) in [6.45, 7) is 20.3. The molecule has 4 fully saturated rings. The van der Waals surface area contributed by atoms with E-state index >= 15 is 0 Å². The number of thiol groups is 1. The number of imidazole rings is 4. The maximum absolute atomic E-state index is 13.0. The minimum absolute atomic E-state index is 0.00567. The second-order valence-corrected chi connectivity index (χ2v) is 40.1. The van der Waals surface area contributed by atoms with Crippen molar-refractivity contribution >= 4 is 106 Å². The van der Waals surface area contributed by atoms with Gasteiger partial charge in [0.05, 0.1) is 56.3 Å². The third-order valence-corrected chi connectivity index (χ3v) is 23.7. The SMILES string of the molecule is CC(=O)c1ccc(C)cn1.CC(=O)c1ccc(CBr)cn1.CC(=O)c1ccc(Cn2c(=O)c3c(ncn3CC3CC3)n(C)c2=O)cn1.C[Si](C)(C)C(F)(F)F.Cn1c(=O)[nH]c(=O)c2c1ncn2CC1CC1.Cn1c(=O)n(Cc2ccc(C(C)(C)O)nc2)c(=O)c2c1ncn2CC1CC1.Cn1c(=O)n(Cc2ccc(C(C)(C)O)nc2)c(=O)c2c1ncn2CC1CC1.[B]=NS. The first-order valence-corrected chi connectivity index (χ1v) is 46.2. The molecule has 0 atom stereocenters. The zero-order chi connectivity index (χ0) is 93.9. The normalized spacial score (nSPS) is 13.6. The number of aromatic amines is 1. The van der Waals surface area contributed by atoms with Crippen molar-refractivity contribution in [3.8, 4) is 0 Å². The summed E-state index contributed by atoms with van der Waals surface area (Å²) in [4.78, 5) is 173. The van der Waals surface area contributed by atoms with Crippen LogP contribution in [0.5, 0.6) is 0 Å². The van der Waals surface area contributed by atoms with Crippen molar-refractivity contribution in [1.82, 2.24) is 100 Å². The standard InChI is InChI=1S/2C19H23N5O3.C18H19N5O3.C10H12N4O2.C8H8BrNO.C8H9NO.C4H9F3Si.BHNS/c2*1-19(2,27)14-7-6-13(8-20-14)10-24-17(25)15-16(22(3)18(24)26)21-11-23(15)9-12-4-5-12;1-11(24)14-6-5-13(7-19-14)9-23-17(25)15-16(21(2)18(23)26)20-10-22(15)8-12-3-4-12;1-13-8-7(9(15)12-10(13)16)14(5-11-8)4-6-2-3-6;1-6(11)8-3-2-7(4-9)5-10-8;1-6-3-4-8(7(2)10)9-5-6;1-8(2,3)4(5,6)7;1-2-3/h2*6-8,11-12,27H,4-5,9-10H2,1-3H3;5-7,10,12H,3-4,8-9H2,1-2H3;5-6H,2-4H2,1H3,(H,12,15,16);2-3,5H,4H2,1H3;3-5H,1-2H3;1-3H3;3H. The molecule has 0 aliphatic heterocycles. The molecular weight excluding hydrogens is 1760 g/mol. The Kier molecular flexibility index (Phi) is 31.7.